The summed E-state index contributed by atoms with van der Waals surface area (Å²) in [7, 11) is 0. The van der Waals surface area contributed by atoms with Crippen LogP contribution in [0.15, 0.2) is 24.3 Å². The van der Waals surface area contributed by atoms with E-state index < -0.39 is 17.7 Å². The van der Waals surface area contributed by atoms with Crippen LogP contribution >= 0.6 is 0 Å². The van der Waals surface area contributed by atoms with Crippen molar-refractivity contribution < 1.29 is 14.4 Å². The first kappa shape index (κ1) is 14.0. The molecule has 1 aliphatic rings. The highest BCUT2D eigenvalue weighted by Crippen LogP contribution is 2.10. The van der Waals surface area contributed by atoms with Crippen LogP contribution in [0.2, 0.25) is 0 Å². The highest BCUT2D eigenvalue weighted by atomic mass is 16.2. The van der Waals surface area contributed by atoms with Gasteiger partial charge < -0.3 is 21.3 Å². The lowest BCUT2D eigenvalue weighted by atomic mass is 10.2. The largest absolute Gasteiger partial charge is 0.366 e. The van der Waals surface area contributed by atoms with E-state index in [0.717, 1.165) is 0 Å². The second-order valence-corrected chi connectivity index (χ2v) is 4.44. The second-order valence-electron chi connectivity index (χ2n) is 4.44. The minimum atomic E-state index is -0.714. The number of rotatable bonds is 2. The molecule has 0 saturated carbocycles. The van der Waals surface area contributed by atoms with Gasteiger partial charge in [0.25, 0.3) is 0 Å². The molecule has 0 bridgehead atoms. The third-order valence-electron chi connectivity index (χ3n) is 3.00. The van der Waals surface area contributed by atoms with Crippen LogP contribution in [0.5, 0.6) is 0 Å². The maximum atomic E-state index is 11.9. The van der Waals surface area contributed by atoms with Gasteiger partial charge in [0.2, 0.25) is 5.91 Å². The van der Waals surface area contributed by atoms with Crippen LogP contribution in [0, 0.1) is 0 Å². The average molecular weight is 276 g/mol. The number of hydrogen-bond acceptors (Lipinski definition) is 4. The average Bonchev–Trinajstić information content (AvgIpc) is 2.47. The molecule has 0 aromatic heterocycles. The van der Waals surface area contributed by atoms with Crippen LogP contribution in [0.1, 0.15) is 10.4 Å². The van der Waals surface area contributed by atoms with Gasteiger partial charge in [-0.15, -0.1) is 0 Å². The molecule has 1 aromatic carbocycles. The van der Waals surface area contributed by atoms with Gasteiger partial charge in [0, 0.05) is 37.4 Å². The van der Waals surface area contributed by atoms with Crippen molar-refractivity contribution >= 4 is 23.4 Å². The molecule has 0 unspecified atom stereocenters. The normalized spacial score (nSPS) is 14.7. The van der Waals surface area contributed by atoms with Gasteiger partial charge in [-0.2, -0.15) is 0 Å². The molecule has 0 radical (unpaired) electrons. The van der Waals surface area contributed by atoms with Crippen LogP contribution < -0.4 is 16.4 Å². The Hall–Kier alpha value is -2.41. The number of nitrogens with zero attached hydrogens (tertiary/aromatic N) is 1. The van der Waals surface area contributed by atoms with Crippen molar-refractivity contribution in [3.05, 3.63) is 29.8 Å². The maximum absolute atomic E-state index is 11.9. The van der Waals surface area contributed by atoms with E-state index in [4.69, 9.17) is 5.73 Å². The number of anilines is 1. The molecule has 20 heavy (non-hydrogen) atoms. The number of benzene rings is 1. The van der Waals surface area contributed by atoms with Crippen molar-refractivity contribution in [2.45, 2.75) is 0 Å². The molecule has 7 nitrogen and oxygen atoms in total. The van der Waals surface area contributed by atoms with Gasteiger partial charge in [-0.3, -0.25) is 14.4 Å². The number of hydrogen-bond donors (Lipinski definition) is 3. The summed E-state index contributed by atoms with van der Waals surface area (Å²) in [6, 6.07) is 6.15. The van der Waals surface area contributed by atoms with E-state index in [-0.39, 0.29) is 5.56 Å². The Bertz CT molecular complexity index is 538. The third-order valence-corrected chi connectivity index (χ3v) is 3.00. The molecule has 2 rings (SSSR count). The summed E-state index contributed by atoms with van der Waals surface area (Å²) in [6.07, 6.45) is 0. The first-order valence-electron chi connectivity index (χ1n) is 6.29. The van der Waals surface area contributed by atoms with Gasteiger partial charge in [-0.25, -0.2) is 0 Å². The predicted molar refractivity (Wildman–Crippen MR) is 73.0 cm³/mol. The van der Waals surface area contributed by atoms with Crippen LogP contribution in [0.25, 0.3) is 0 Å². The molecule has 0 atom stereocenters. The molecule has 3 amide bonds. The number of primary amides is 1. The fraction of sp³-hybridized carbons (Fsp3) is 0.308. The first-order valence-corrected chi connectivity index (χ1v) is 6.29. The lowest BCUT2D eigenvalue weighted by molar-refractivity contribution is -0.143. The number of nitrogens with one attached hydrogen (secondary N) is 2. The molecular weight excluding hydrogens is 260 g/mol. The highest BCUT2D eigenvalue weighted by Gasteiger charge is 2.23. The smallest absolute Gasteiger partial charge is 0.313 e. The lowest BCUT2D eigenvalue weighted by Crippen LogP contribution is -2.49. The Labute approximate surface area is 116 Å². The zero-order valence-electron chi connectivity index (χ0n) is 10.9. The standard InChI is InChI=1S/C13H16N4O3/c14-11(18)9-2-1-3-10(8-9)16-12(19)13(20)17-6-4-15-5-7-17/h1-3,8,15H,4-7H2,(H2,14,18)(H,16,19). The van der Waals surface area contributed by atoms with E-state index in [2.05, 4.69) is 10.6 Å². The Morgan fingerprint density at radius 1 is 1.20 bits per heavy atom. The van der Waals surface area contributed by atoms with E-state index in [1.807, 2.05) is 0 Å². The van der Waals surface area contributed by atoms with Crippen molar-refractivity contribution in [3.63, 3.8) is 0 Å². The molecular formula is C13H16N4O3. The summed E-state index contributed by atoms with van der Waals surface area (Å²) in [6.45, 7) is 2.37. The van der Waals surface area contributed by atoms with Crippen LogP contribution in [0.4, 0.5) is 5.69 Å². The summed E-state index contributed by atoms with van der Waals surface area (Å²) < 4.78 is 0. The number of carbonyl (C=O) groups excluding carboxylic acids is 3. The summed E-state index contributed by atoms with van der Waals surface area (Å²) in [5.74, 6) is -1.88. The Kier molecular flexibility index (Phi) is 4.31. The molecule has 0 aliphatic carbocycles. The number of amides is 3. The molecule has 1 aromatic rings. The van der Waals surface area contributed by atoms with Crippen molar-refractivity contribution in [3.8, 4) is 0 Å². The third kappa shape index (κ3) is 3.33. The highest BCUT2D eigenvalue weighted by molar-refractivity contribution is 6.39. The molecule has 1 saturated heterocycles. The maximum Gasteiger partial charge on any atom is 0.313 e. The molecule has 7 heteroatoms. The molecule has 1 aliphatic heterocycles. The SMILES string of the molecule is NC(=O)c1cccc(NC(=O)C(=O)N2CCNCC2)c1. The van der Waals surface area contributed by atoms with Gasteiger partial charge in [-0.05, 0) is 18.2 Å². The predicted octanol–water partition coefficient (Wildman–Crippen LogP) is -0.844. The van der Waals surface area contributed by atoms with Crippen LogP contribution in [0.3, 0.4) is 0 Å². The lowest BCUT2D eigenvalue weighted by Gasteiger charge is -2.26. The zero-order chi connectivity index (χ0) is 14.5. The molecule has 106 valence electrons. The number of piperazine rings is 1. The Morgan fingerprint density at radius 2 is 1.90 bits per heavy atom. The summed E-state index contributed by atoms with van der Waals surface area (Å²) >= 11 is 0. The van der Waals surface area contributed by atoms with E-state index in [0.29, 0.717) is 31.9 Å². The monoisotopic (exact) mass is 276 g/mol. The molecule has 0 spiro atoms. The van der Waals surface area contributed by atoms with Crippen LogP contribution in [-0.4, -0.2) is 48.8 Å². The van der Waals surface area contributed by atoms with E-state index in [1.165, 1.54) is 17.0 Å². The summed E-state index contributed by atoms with van der Waals surface area (Å²) in [5, 5.41) is 5.58. The Morgan fingerprint density at radius 3 is 2.55 bits per heavy atom. The Balaban J connectivity index is 2.01. The molecule has 4 N–H and O–H groups in total. The summed E-state index contributed by atoms with van der Waals surface area (Å²) in [4.78, 5) is 36.3. The molecule has 1 fully saturated rings. The minimum absolute atomic E-state index is 0.275. The number of carbonyl (C=O) groups is 3. The van der Waals surface area contributed by atoms with Crippen molar-refractivity contribution in [1.29, 1.82) is 0 Å². The number of nitrogens with two attached hydrogens (primary N) is 1. The quantitative estimate of drug-likeness (QED) is 0.612. The van der Waals surface area contributed by atoms with Gasteiger partial charge in [0.15, 0.2) is 0 Å². The van der Waals surface area contributed by atoms with E-state index in [1.54, 1.807) is 12.1 Å². The summed E-state index contributed by atoms with van der Waals surface area (Å²) in [5.41, 5.74) is 5.80. The van der Waals surface area contributed by atoms with Crippen molar-refractivity contribution in [2.24, 2.45) is 5.73 Å². The second kappa shape index (κ2) is 6.16. The van der Waals surface area contributed by atoms with Gasteiger partial charge in [0.05, 0.1) is 0 Å². The fourth-order valence-electron chi connectivity index (χ4n) is 1.95. The van der Waals surface area contributed by atoms with E-state index >= 15 is 0 Å². The zero-order valence-corrected chi connectivity index (χ0v) is 10.9. The van der Waals surface area contributed by atoms with Gasteiger partial charge in [-0.1, -0.05) is 6.07 Å². The topological polar surface area (TPSA) is 105 Å². The van der Waals surface area contributed by atoms with Crippen molar-refractivity contribution in [1.82, 2.24) is 10.2 Å². The van der Waals surface area contributed by atoms with Crippen molar-refractivity contribution in [2.75, 3.05) is 31.5 Å². The first-order chi connectivity index (χ1) is 9.58. The van der Waals surface area contributed by atoms with Gasteiger partial charge >= 0.3 is 11.8 Å². The minimum Gasteiger partial charge on any atom is -0.366 e. The van der Waals surface area contributed by atoms with E-state index in [9.17, 15) is 14.4 Å². The van der Waals surface area contributed by atoms with Gasteiger partial charge in [0.1, 0.15) is 0 Å². The fourth-order valence-corrected chi connectivity index (χ4v) is 1.95. The molecule has 1 heterocycles. The van der Waals surface area contributed by atoms with Crippen LogP contribution in [-0.2, 0) is 9.59 Å².